The van der Waals surface area contributed by atoms with Crippen LogP contribution in [0.1, 0.15) is 56.8 Å². The highest BCUT2D eigenvalue weighted by Gasteiger charge is 2.38. The number of aliphatic carboxylic acids is 1. The van der Waals surface area contributed by atoms with Crippen LogP contribution >= 0.6 is 0 Å². The van der Waals surface area contributed by atoms with Gasteiger partial charge >= 0.3 is 12.1 Å². The summed E-state index contributed by atoms with van der Waals surface area (Å²) in [4.78, 5) is 32.8. The number of alkyl halides is 3. The second kappa shape index (κ2) is 11.4. The van der Waals surface area contributed by atoms with E-state index in [0.29, 0.717) is 32.0 Å². The minimum atomic E-state index is -5.08. The average molecular weight is 470 g/mol. The molecule has 8 nitrogen and oxygen atoms in total. The number of amides is 1. The van der Waals surface area contributed by atoms with E-state index >= 15 is 0 Å². The molecule has 0 radical (unpaired) electrons. The summed E-state index contributed by atoms with van der Waals surface area (Å²) in [5.74, 6) is -0.279. The average Bonchev–Trinajstić information content (AvgIpc) is 3.63. The number of hydrogen-bond donors (Lipinski definition) is 2. The normalized spacial score (nSPS) is 20.9. The molecule has 4 rings (SSSR count). The lowest BCUT2D eigenvalue weighted by Gasteiger charge is -2.35. The van der Waals surface area contributed by atoms with Crippen LogP contribution in [0.2, 0.25) is 0 Å². The Hall–Kier alpha value is -2.69. The van der Waals surface area contributed by atoms with Crippen LogP contribution in [-0.2, 0) is 14.3 Å². The van der Waals surface area contributed by atoms with Crippen LogP contribution in [-0.4, -0.2) is 64.3 Å². The molecule has 2 aliphatic carbocycles. The van der Waals surface area contributed by atoms with E-state index in [1.165, 1.54) is 31.3 Å². The Bertz CT molecular complexity index is 858. The van der Waals surface area contributed by atoms with Gasteiger partial charge < -0.3 is 20.1 Å². The number of nitrogens with one attached hydrogen (secondary N) is 1. The fraction of sp³-hybridized carbons (Fsp3) is 0.636. The molecule has 1 amide bonds. The maximum Gasteiger partial charge on any atom is 0.490 e. The third-order valence-corrected chi connectivity index (χ3v) is 5.70. The summed E-state index contributed by atoms with van der Waals surface area (Å²) in [6, 6.07) is 1.71. The number of anilines is 1. The van der Waals surface area contributed by atoms with Crippen molar-refractivity contribution in [3.05, 3.63) is 29.7 Å². The van der Waals surface area contributed by atoms with Crippen molar-refractivity contribution in [3.8, 4) is 0 Å². The van der Waals surface area contributed by atoms with Crippen molar-refractivity contribution in [2.24, 2.45) is 5.92 Å². The summed E-state index contributed by atoms with van der Waals surface area (Å²) in [5, 5.41) is 10.5. The summed E-state index contributed by atoms with van der Waals surface area (Å²) in [5.41, 5.74) is 1.28. The van der Waals surface area contributed by atoms with Gasteiger partial charge in [0.2, 0.25) is 5.91 Å². The van der Waals surface area contributed by atoms with Crippen LogP contribution in [0.3, 0.4) is 0 Å². The maximum absolute atomic E-state index is 12.9. The minimum Gasteiger partial charge on any atom is -0.475 e. The smallest absolute Gasteiger partial charge is 0.475 e. The molecule has 33 heavy (non-hydrogen) atoms. The van der Waals surface area contributed by atoms with Crippen molar-refractivity contribution in [1.82, 2.24) is 14.9 Å². The summed E-state index contributed by atoms with van der Waals surface area (Å²) in [7, 11) is 0. The molecule has 1 aromatic heterocycles. The van der Waals surface area contributed by atoms with Crippen molar-refractivity contribution in [1.29, 1.82) is 0 Å². The molecule has 1 aliphatic heterocycles. The highest BCUT2D eigenvalue weighted by molar-refractivity contribution is 5.79. The van der Waals surface area contributed by atoms with Crippen molar-refractivity contribution in [2.45, 2.75) is 57.2 Å². The Kier molecular flexibility index (Phi) is 8.65. The molecular formula is C22H29F3N4O4. The second-order valence-electron chi connectivity index (χ2n) is 8.39. The van der Waals surface area contributed by atoms with Gasteiger partial charge in [-0.1, -0.05) is 11.6 Å². The van der Waals surface area contributed by atoms with Gasteiger partial charge in [0, 0.05) is 25.7 Å². The molecule has 1 saturated carbocycles. The number of nitrogens with zero attached hydrogens (tertiary/aromatic N) is 3. The lowest BCUT2D eigenvalue weighted by molar-refractivity contribution is -0.192. The van der Waals surface area contributed by atoms with Crippen LogP contribution in [0.5, 0.6) is 0 Å². The quantitative estimate of drug-likeness (QED) is 0.611. The number of carbonyl (C=O) groups is 2. The number of halogens is 3. The van der Waals surface area contributed by atoms with Crippen LogP contribution in [0.4, 0.5) is 19.0 Å². The fourth-order valence-corrected chi connectivity index (χ4v) is 3.68. The Morgan fingerprint density at radius 1 is 1.27 bits per heavy atom. The lowest BCUT2D eigenvalue weighted by atomic mass is 9.96. The van der Waals surface area contributed by atoms with E-state index in [4.69, 9.17) is 14.6 Å². The first-order valence-corrected chi connectivity index (χ1v) is 11.2. The zero-order chi connectivity index (χ0) is 23.8. The van der Waals surface area contributed by atoms with Crippen LogP contribution in [0.15, 0.2) is 23.9 Å². The summed E-state index contributed by atoms with van der Waals surface area (Å²) in [6.45, 7) is 2.63. The van der Waals surface area contributed by atoms with Gasteiger partial charge in [0.15, 0.2) is 5.82 Å². The van der Waals surface area contributed by atoms with E-state index in [2.05, 4.69) is 21.4 Å². The van der Waals surface area contributed by atoms with Gasteiger partial charge in [0.25, 0.3) is 0 Å². The van der Waals surface area contributed by atoms with Gasteiger partial charge in [-0.2, -0.15) is 13.2 Å². The summed E-state index contributed by atoms with van der Waals surface area (Å²) >= 11 is 0. The van der Waals surface area contributed by atoms with Crippen LogP contribution in [0, 0.1) is 5.92 Å². The first kappa shape index (κ1) is 24.9. The topological polar surface area (TPSA) is 105 Å². The first-order chi connectivity index (χ1) is 15.7. The Balaban J connectivity index is 0.000000383. The number of allylic oxidation sites excluding steroid dienone is 1. The minimum absolute atomic E-state index is 0.173. The standard InChI is InChI=1S/C20H28N4O2.C2HF3O2/c25-19(12-15-4-2-1-3-5-15)24-10-11-26-14-17(24)20-21-9-8-18(23-20)22-13-16-6-7-16;3-2(4,5)1(6)7/h4,8-9,16-17H,1-3,5-7,10-14H2,(H,21,22,23);(H,6,7). The number of ether oxygens (including phenoxy) is 1. The van der Waals surface area contributed by atoms with Gasteiger partial charge in [-0.3, -0.25) is 4.79 Å². The molecule has 3 aliphatic rings. The van der Waals surface area contributed by atoms with E-state index in [0.717, 1.165) is 31.1 Å². The van der Waals surface area contributed by atoms with Crippen LogP contribution < -0.4 is 5.32 Å². The van der Waals surface area contributed by atoms with E-state index in [1.54, 1.807) is 6.20 Å². The molecule has 1 aromatic rings. The molecule has 1 saturated heterocycles. The highest BCUT2D eigenvalue weighted by Crippen LogP contribution is 2.29. The monoisotopic (exact) mass is 470 g/mol. The largest absolute Gasteiger partial charge is 0.490 e. The van der Waals surface area contributed by atoms with Crippen molar-refractivity contribution in [2.75, 3.05) is 31.6 Å². The van der Waals surface area contributed by atoms with Crippen molar-refractivity contribution < 1.29 is 32.6 Å². The third kappa shape index (κ3) is 7.99. The number of carboxylic acids is 1. The third-order valence-electron chi connectivity index (χ3n) is 5.70. The molecule has 1 unspecified atom stereocenters. The number of aromatic nitrogens is 2. The molecule has 2 N–H and O–H groups in total. The van der Waals surface area contributed by atoms with E-state index < -0.39 is 12.1 Å². The van der Waals surface area contributed by atoms with E-state index in [1.807, 2.05) is 11.0 Å². The summed E-state index contributed by atoms with van der Waals surface area (Å²) in [6.07, 6.45) is 6.67. The molecule has 2 heterocycles. The predicted molar refractivity (Wildman–Crippen MR) is 113 cm³/mol. The number of carbonyl (C=O) groups excluding carboxylic acids is 1. The lowest BCUT2D eigenvalue weighted by Crippen LogP contribution is -2.44. The maximum atomic E-state index is 12.9. The number of rotatable bonds is 6. The van der Waals surface area contributed by atoms with Gasteiger partial charge in [-0.25, -0.2) is 14.8 Å². The molecule has 0 spiro atoms. The Morgan fingerprint density at radius 3 is 2.67 bits per heavy atom. The number of morpholine rings is 1. The Labute approximate surface area is 190 Å². The molecular weight excluding hydrogens is 441 g/mol. The molecule has 0 aromatic carbocycles. The zero-order valence-corrected chi connectivity index (χ0v) is 18.3. The molecule has 0 bridgehead atoms. The molecule has 11 heteroatoms. The SMILES string of the molecule is O=C(CC1=CCCCC1)N1CCOCC1c1nccc(NCC2CC2)n1.O=C(O)C(F)(F)F. The van der Waals surface area contributed by atoms with E-state index in [9.17, 15) is 18.0 Å². The fourth-order valence-electron chi connectivity index (χ4n) is 3.68. The van der Waals surface area contributed by atoms with E-state index in [-0.39, 0.29) is 11.9 Å². The number of carboxylic acid groups (broad SMARTS) is 1. The zero-order valence-electron chi connectivity index (χ0n) is 18.3. The van der Waals surface area contributed by atoms with Gasteiger partial charge in [-0.05, 0) is 50.5 Å². The molecule has 182 valence electrons. The Morgan fingerprint density at radius 2 is 2.03 bits per heavy atom. The van der Waals surface area contributed by atoms with Crippen molar-refractivity contribution >= 4 is 17.7 Å². The van der Waals surface area contributed by atoms with Crippen LogP contribution in [0.25, 0.3) is 0 Å². The first-order valence-electron chi connectivity index (χ1n) is 11.2. The number of hydrogen-bond acceptors (Lipinski definition) is 6. The molecule has 2 fully saturated rings. The second-order valence-corrected chi connectivity index (χ2v) is 8.39. The highest BCUT2D eigenvalue weighted by atomic mass is 19.4. The van der Waals surface area contributed by atoms with Gasteiger partial charge in [0.1, 0.15) is 11.9 Å². The van der Waals surface area contributed by atoms with Gasteiger partial charge in [-0.15, -0.1) is 0 Å². The van der Waals surface area contributed by atoms with Crippen molar-refractivity contribution in [3.63, 3.8) is 0 Å². The van der Waals surface area contributed by atoms with Gasteiger partial charge in [0.05, 0.1) is 13.2 Å². The summed E-state index contributed by atoms with van der Waals surface area (Å²) < 4.78 is 37.4. The predicted octanol–water partition coefficient (Wildman–Crippen LogP) is 3.72. The molecule has 1 atom stereocenters.